The topological polar surface area (TPSA) is 91.6 Å². The molecule has 3 rings (SSSR count). The van der Waals surface area contributed by atoms with E-state index in [4.69, 9.17) is 0 Å². The van der Waals surface area contributed by atoms with Gasteiger partial charge in [-0.15, -0.1) is 0 Å². The predicted molar refractivity (Wildman–Crippen MR) is 104 cm³/mol. The largest absolute Gasteiger partial charge is 0.354 e. The highest BCUT2D eigenvalue weighted by atomic mass is 16.6. The van der Waals surface area contributed by atoms with Crippen LogP contribution in [0.3, 0.4) is 0 Å². The van der Waals surface area contributed by atoms with Crippen molar-refractivity contribution < 1.29 is 9.72 Å². The van der Waals surface area contributed by atoms with Gasteiger partial charge in [0, 0.05) is 38.3 Å². The first-order valence-electron chi connectivity index (χ1n) is 9.80. The number of carbonyl (C=O) groups excluding carboxylic acids is 1. The second kappa shape index (κ2) is 8.65. The first-order chi connectivity index (χ1) is 12.9. The zero-order valence-corrected chi connectivity index (χ0v) is 16.2. The molecular weight excluding hydrogens is 346 g/mol. The number of rotatable bonds is 5. The Hall–Kier alpha value is -2.22. The van der Waals surface area contributed by atoms with Crippen molar-refractivity contribution in [3.63, 3.8) is 0 Å². The second-order valence-electron chi connectivity index (χ2n) is 7.89. The maximum Gasteiger partial charge on any atom is 0.287 e. The number of aryl methyl sites for hydroxylation is 1. The minimum absolute atomic E-state index is 0.0172. The van der Waals surface area contributed by atoms with Crippen molar-refractivity contribution in [1.82, 2.24) is 15.2 Å². The van der Waals surface area contributed by atoms with E-state index < -0.39 is 4.92 Å². The smallest absolute Gasteiger partial charge is 0.287 e. The Morgan fingerprint density at radius 2 is 2.07 bits per heavy atom. The van der Waals surface area contributed by atoms with Crippen LogP contribution < -0.4 is 10.2 Å². The molecule has 2 aliphatic rings. The molecule has 1 aliphatic heterocycles. The number of nitrogens with zero attached hydrogens (tertiary/aromatic N) is 4. The van der Waals surface area contributed by atoms with E-state index in [1.165, 1.54) is 19.0 Å². The Morgan fingerprint density at radius 3 is 2.70 bits per heavy atom. The highest BCUT2D eigenvalue weighted by Crippen LogP contribution is 2.24. The van der Waals surface area contributed by atoms with Gasteiger partial charge in [-0.2, -0.15) is 0 Å². The normalized spacial score (nSPS) is 23.9. The van der Waals surface area contributed by atoms with Crippen molar-refractivity contribution in [3.05, 3.63) is 27.9 Å². The minimum atomic E-state index is -0.423. The minimum Gasteiger partial charge on any atom is -0.354 e. The van der Waals surface area contributed by atoms with Gasteiger partial charge in [0.05, 0.1) is 11.5 Å². The standard InChI is InChI=1S/C19H29N5O3/c1-14-4-3-5-16(10-14)21-18(25)13-22-6-8-23(9-7-22)19-15(2)11-17(12-20-19)24(26)27/h11-12,14,16H,3-10,13H2,1-2H3,(H,21,25). The lowest BCUT2D eigenvalue weighted by Gasteiger charge is -2.36. The lowest BCUT2D eigenvalue weighted by molar-refractivity contribution is -0.385. The van der Waals surface area contributed by atoms with E-state index in [9.17, 15) is 14.9 Å². The Balaban J connectivity index is 1.47. The number of pyridine rings is 1. The van der Waals surface area contributed by atoms with Crippen LogP contribution in [-0.2, 0) is 4.79 Å². The first-order valence-corrected chi connectivity index (χ1v) is 9.80. The molecule has 2 fully saturated rings. The first kappa shape index (κ1) is 19.5. The lowest BCUT2D eigenvalue weighted by Crippen LogP contribution is -2.51. The Labute approximate surface area is 160 Å². The van der Waals surface area contributed by atoms with Gasteiger partial charge in [0.15, 0.2) is 0 Å². The summed E-state index contributed by atoms with van der Waals surface area (Å²) in [6, 6.07) is 1.89. The van der Waals surface area contributed by atoms with E-state index in [1.807, 2.05) is 6.92 Å². The van der Waals surface area contributed by atoms with Crippen LogP contribution in [0.4, 0.5) is 11.5 Å². The lowest BCUT2D eigenvalue weighted by atomic mass is 9.87. The molecule has 1 N–H and O–H groups in total. The van der Waals surface area contributed by atoms with Crippen molar-refractivity contribution in [1.29, 1.82) is 0 Å². The number of hydrogen-bond donors (Lipinski definition) is 1. The van der Waals surface area contributed by atoms with Gasteiger partial charge in [0.25, 0.3) is 5.69 Å². The monoisotopic (exact) mass is 375 g/mol. The molecule has 0 radical (unpaired) electrons. The zero-order chi connectivity index (χ0) is 19.4. The number of anilines is 1. The summed E-state index contributed by atoms with van der Waals surface area (Å²) < 4.78 is 0. The summed E-state index contributed by atoms with van der Waals surface area (Å²) in [5.74, 6) is 1.61. The fraction of sp³-hybridized carbons (Fsp3) is 0.684. The van der Waals surface area contributed by atoms with E-state index >= 15 is 0 Å². The number of carbonyl (C=O) groups is 1. The predicted octanol–water partition coefficient (Wildman–Crippen LogP) is 2.12. The number of nitro groups is 1. The van der Waals surface area contributed by atoms with Gasteiger partial charge in [-0.1, -0.05) is 19.8 Å². The van der Waals surface area contributed by atoms with Crippen molar-refractivity contribution >= 4 is 17.4 Å². The molecule has 0 bridgehead atoms. The van der Waals surface area contributed by atoms with Gasteiger partial charge in [-0.05, 0) is 31.2 Å². The number of amides is 1. The summed E-state index contributed by atoms with van der Waals surface area (Å²) in [5, 5.41) is 14.0. The van der Waals surface area contributed by atoms with Gasteiger partial charge in [-0.25, -0.2) is 4.98 Å². The fourth-order valence-electron chi connectivity index (χ4n) is 4.14. The van der Waals surface area contributed by atoms with E-state index in [2.05, 4.69) is 27.0 Å². The molecule has 1 saturated heterocycles. The average Bonchev–Trinajstić information content (AvgIpc) is 2.62. The van der Waals surface area contributed by atoms with E-state index in [1.54, 1.807) is 6.07 Å². The maximum atomic E-state index is 12.4. The quantitative estimate of drug-likeness (QED) is 0.626. The molecule has 1 amide bonds. The summed E-state index contributed by atoms with van der Waals surface area (Å²) in [7, 11) is 0. The van der Waals surface area contributed by atoms with E-state index in [0.717, 1.165) is 50.4 Å². The highest BCUT2D eigenvalue weighted by molar-refractivity contribution is 5.78. The highest BCUT2D eigenvalue weighted by Gasteiger charge is 2.24. The van der Waals surface area contributed by atoms with Gasteiger partial charge in [0.2, 0.25) is 5.91 Å². The Kier molecular flexibility index (Phi) is 6.26. The van der Waals surface area contributed by atoms with Crippen LogP contribution in [-0.4, -0.2) is 59.5 Å². The molecular formula is C19H29N5O3. The summed E-state index contributed by atoms with van der Waals surface area (Å²) in [6.45, 7) is 7.63. The van der Waals surface area contributed by atoms with Crippen LogP contribution in [0.25, 0.3) is 0 Å². The molecule has 0 aromatic carbocycles. The Bertz CT molecular complexity index is 688. The number of nitrogens with one attached hydrogen (secondary N) is 1. The van der Waals surface area contributed by atoms with Crippen molar-refractivity contribution in [3.8, 4) is 0 Å². The zero-order valence-electron chi connectivity index (χ0n) is 16.2. The van der Waals surface area contributed by atoms with Crippen molar-refractivity contribution in [2.75, 3.05) is 37.6 Å². The van der Waals surface area contributed by atoms with Gasteiger partial charge in [0.1, 0.15) is 12.0 Å². The van der Waals surface area contributed by atoms with Crippen molar-refractivity contribution in [2.24, 2.45) is 5.92 Å². The molecule has 1 aromatic rings. The van der Waals surface area contributed by atoms with Crippen molar-refractivity contribution in [2.45, 2.75) is 45.6 Å². The maximum absolute atomic E-state index is 12.4. The third-order valence-corrected chi connectivity index (χ3v) is 5.59. The van der Waals surface area contributed by atoms with Gasteiger partial charge < -0.3 is 10.2 Å². The molecule has 2 atom stereocenters. The summed E-state index contributed by atoms with van der Waals surface area (Å²) in [4.78, 5) is 31.4. The summed E-state index contributed by atoms with van der Waals surface area (Å²) in [5.41, 5.74) is 0.824. The van der Waals surface area contributed by atoms with Gasteiger partial charge in [-0.3, -0.25) is 19.8 Å². The summed E-state index contributed by atoms with van der Waals surface area (Å²) in [6.07, 6.45) is 5.96. The molecule has 1 saturated carbocycles. The van der Waals surface area contributed by atoms with Crippen LogP contribution in [0.2, 0.25) is 0 Å². The summed E-state index contributed by atoms with van der Waals surface area (Å²) >= 11 is 0. The van der Waals surface area contributed by atoms with Crippen LogP contribution in [0, 0.1) is 23.0 Å². The number of hydrogen-bond acceptors (Lipinski definition) is 6. The van der Waals surface area contributed by atoms with Gasteiger partial charge >= 0.3 is 0 Å². The third kappa shape index (κ3) is 5.15. The molecule has 27 heavy (non-hydrogen) atoms. The van der Waals surface area contributed by atoms with Crippen LogP contribution in [0.5, 0.6) is 0 Å². The molecule has 2 heterocycles. The van der Waals surface area contributed by atoms with Crippen LogP contribution in [0.15, 0.2) is 12.3 Å². The van der Waals surface area contributed by atoms with Crippen LogP contribution in [0.1, 0.15) is 38.2 Å². The average molecular weight is 375 g/mol. The molecule has 0 spiro atoms. The third-order valence-electron chi connectivity index (χ3n) is 5.59. The van der Waals surface area contributed by atoms with E-state index in [-0.39, 0.29) is 11.6 Å². The number of aromatic nitrogens is 1. The second-order valence-corrected chi connectivity index (χ2v) is 7.89. The molecule has 8 nitrogen and oxygen atoms in total. The van der Waals surface area contributed by atoms with Crippen LogP contribution >= 0.6 is 0 Å². The molecule has 1 aromatic heterocycles. The fourth-order valence-corrected chi connectivity index (χ4v) is 4.14. The van der Waals surface area contributed by atoms with E-state index in [0.29, 0.717) is 18.5 Å². The molecule has 148 valence electrons. The molecule has 1 aliphatic carbocycles. The molecule has 2 unspecified atom stereocenters. The molecule has 8 heteroatoms. The SMILES string of the molecule is Cc1cc([N+](=O)[O-])cnc1N1CCN(CC(=O)NC2CCCC(C)C2)CC1. The number of piperazine rings is 1. The Morgan fingerprint density at radius 1 is 1.33 bits per heavy atom.